The van der Waals surface area contributed by atoms with Gasteiger partial charge in [0.15, 0.2) is 12.6 Å². The van der Waals surface area contributed by atoms with Crippen LogP contribution in [0.3, 0.4) is 0 Å². The van der Waals surface area contributed by atoms with Gasteiger partial charge in [0.2, 0.25) is 0 Å². The molecule has 0 aromatic heterocycles. The number of hydrogen-bond acceptors (Lipinski definition) is 3. The number of benzene rings is 1. The van der Waals surface area contributed by atoms with Crippen LogP contribution in [0.1, 0.15) is 24.2 Å². The van der Waals surface area contributed by atoms with E-state index in [2.05, 4.69) is 0 Å². The number of carbonyl (C=O) groups is 1. The normalized spacial score (nSPS) is 9.86. The molecule has 0 spiro atoms. The quantitative estimate of drug-likeness (QED) is 0.409. The van der Waals surface area contributed by atoms with Gasteiger partial charge in [-0.15, -0.1) is 0 Å². The molecule has 76 valence electrons. The van der Waals surface area contributed by atoms with Crippen LogP contribution in [0.15, 0.2) is 24.3 Å². The fraction of sp³-hybridized carbons (Fsp3) is 0.364. The third-order valence-electron chi connectivity index (χ3n) is 1.77. The molecule has 0 unspecified atom stereocenters. The maximum atomic E-state index is 11.0. The van der Waals surface area contributed by atoms with E-state index in [4.69, 9.17) is 9.47 Å². The fourth-order valence-electron chi connectivity index (χ4n) is 0.979. The van der Waals surface area contributed by atoms with Gasteiger partial charge in [0, 0.05) is 12.2 Å². The third-order valence-corrected chi connectivity index (χ3v) is 1.77. The van der Waals surface area contributed by atoms with Crippen molar-refractivity contribution in [1.29, 1.82) is 0 Å². The SMILES string of the molecule is CCOCOc1ccc(C(C)=O)cc1. The van der Waals surface area contributed by atoms with Crippen LogP contribution in [0.25, 0.3) is 0 Å². The molecule has 14 heavy (non-hydrogen) atoms. The topological polar surface area (TPSA) is 35.5 Å². The minimum atomic E-state index is 0.0568. The Kier molecular flexibility index (Phi) is 4.13. The number of hydrogen-bond donors (Lipinski definition) is 0. The Morgan fingerprint density at radius 3 is 2.43 bits per heavy atom. The summed E-state index contributed by atoms with van der Waals surface area (Å²) < 4.78 is 10.3. The third kappa shape index (κ3) is 3.18. The van der Waals surface area contributed by atoms with Crippen molar-refractivity contribution < 1.29 is 14.3 Å². The predicted octanol–water partition coefficient (Wildman–Crippen LogP) is 2.26. The summed E-state index contributed by atoms with van der Waals surface area (Å²) in [5.74, 6) is 0.768. The first-order valence-corrected chi connectivity index (χ1v) is 4.55. The zero-order chi connectivity index (χ0) is 10.4. The van der Waals surface area contributed by atoms with Crippen LogP contribution in [-0.4, -0.2) is 19.2 Å². The van der Waals surface area contributed by atoms with Crippen molar-refractivity contribution in [3.8, 4) is 5.75 Å². The van der Waals surface area contributed by atoms with Crippen LogP contribution in [0.5, 0.6) is 5.75 Å². The Hall–Kier alpha value is -1.35. The summed E-state index contributed by atoms with van der Waals surface area (Å²) in [6.45, 7) is 4.32. The van der Waals surface area contributed by atoms with Gasteiger partial charge in [0.25, 0.3) is 0 Å². The molecule has 0 bridgehead atoms. The van der Waals surface area contributed by atoms with Gasteiger partial charge in [-0.05, 0) is 38.1 Å². The molecular weight excluding hydrogens is 180 g/mol. The second-order valence-electron chi connectivity index (χ2n) is 2.84. The molecule has 0 fully saturated rings. The number of carbonyl (C=O) groups excluding carboxylic acids is 1. The Morgan fingerprint density at radius 2 is 1.93 bits per heavy atom. The molecule has 0 N–H and O–H groups in total. The predicted molar refractivity (Wildman–Crippen MR) is 53.6 cm³/mol. The van der Waals surface area contributed by atoms with Gasteiger partial charge in [-0.25, -0.2) is 0 Å². The Balaban J connectivity index is 2.51. The van der Waals surface area contributed by atoms with Crippen LogP contribution in [-0.2, 0) is 4.74 Å². The van der Waals surface area contributed by atoms with Crippen molar-refractivity contribution in [2.24, 2.45) is 0 Å². The molecule has 0 heterocycles. The Labute approximate surface area is 83.6 Å². The molecule has 0 amide bonds. The van der Waals surface area contributed by atoms with Crippen LogP contribution >= 0.6 is 0 Å². The first kappa shape index (κ1) is 10.7. The fourth-order valence-corrected chi connectivity index (χ4v) is 0.979. The zero-order valence-corrected chi connectivity index (χ0v) is 8.45. The van der Waals surface area contributed by atoms with E-state index in [1.807, 2.05) is 6.92 Å². The van der Waals surface area contributed by atoms with Gasteiger partial charge in [-0.3, -0.25) is 4.79 Å². The van der Waals surface area contributed by atoms with E-state index in [1.165, 1.54) is 6.92 Å². The van der Waals surface area contributed by atoms with E-state index in [-0.39, 0.29) is 12.6 Å². The van der Waals surface area contributed by atoms with Gasteiger partial charge < -0.3 is 9.47 Å². The highest BCUT2D eigenvalue weighted by atomic mass is 16.7. The van der Waals surface area contributed by atoms with Crippen molar-refractivity contribution in [3.05, 3.63) is 29.8 Å². The first-order chi connectivity index (χ1) is 6.74. The van der Waals surface area contributed by atoms with E-state index in [9.17, 15) is 4.79 Å². The summed E-state index contributed by atoms with van der Waals surface area (Å²) in [5.41, 5.74) is 0.689. The molecule has 0 atom stereocenters. The van der Waals surface area contributed by atoms with Crippen molar-refractivity contribution >= 4 is 5.78 Å². The van der Waals surface area contributed by atoms with Gasteiger partial charge in [0.1, 0.15) is 5.75 Å². The van der Waals surface area contributed by atoms with E-state index < -0.39 is 0 Å². The molecule has 0 radical (unpaired) electrons. The molecule has 1 aromatic rings. The lowest BCUT2D eigenvalue weighted by Gasteiger charge is -2.05. The van der Waals surface area contributed by atoms with E-state index >= 15 is 0 Å². The van der Waals surface area contributed by atoms with Crippen molar-refractivity contribution in [1.82, 2.24) is 0 Å². The highest BCUT2D eigenvalue weighted by molar-refractivity contribution is 5.94. The van der Waals surface area contributed by atoms with Crippen LogP contribution in [0.2, 0.25) is 0 Å². The summed E-state index contributed by atoms with van der Waals surface area (Å²) in [7, 11) is 0. The molecule has 0 aliphatic rings. The van der Waals surface area contributed by atoms with E-state index in [0.29, 0.717) is 17.9 Å². The highest BCUT2D eigenvalue weighted by Gasteiger charge is 1.98. The molecule has 0 saturated carbocycles. The molecule has 3 heteroatoms. The Bertz CT molecular complexity index is 290. The van der Waals surface area contributed by atoms with Crippen LogP contribution in [0.4, 0.5) is 0 Å². The number of ether oxygens (including phenoxy) is 2. The average Bonchev–Trinajstić information content (AvgIpc) is 2.19. The second kappa shape index (κ2) is 5.40. The Morgan fingerprint density at radius 1 is 1.29 bits per heavy atom. The van der Waals surface area contributed by atoms with Crippen molar-refractivity contribution in [2.45, 2.75) is 13.8 Å². The maximum Gasteiger partial charge on any atom is 0.189 e. The second-order valence-corrected chi connectivity index (χ2v) is 2.84. The number of rotatable bonds is 5. The molecular formula is C11H14O3. The minimum Gasteiger partial charge on any atom is -0.468 e. The van der Waals surface area contributed by atoms with Gasteiger partial charge in [-0.1, -0.05) is 0 Å². The smallest absolute Gasteiger partial charge is 0.189 e. The summed E-state index contributed by atoms with van der Waals surface area (Å²) in [4.78, 5) is 11.0. The monoisotopic (exact) mass is 194 g/mol. The summed E-state index contributed by atoms with van der Waals surface area (Å²) in [6, 6.07) is 7.00. The average molecular weight is 194 g/mol. The molecule has 0 saturated heterocycles. The molecule has 1 aromatic carbocycles. The van der Waals surface area contributed by atoms with Gasteiger partial charge in [0.05, 0.1) is 0 Å². The number of Topliss-reactive ketones (excluding diaryl/α,β-unsaturated/α-hetero) is 1. The minimum absolute atomic E-state index is 0.0568. The standard InChI is InChI=1S/C11H14O3/c1-3-13-8-14-11-6-4-10(5-7-11)9(2)12/h4-7H,3,8H2,1-2H3. The van der Waals surface area contributed by atoms with Crippen LogP contribution in [0, 0.1) is 0 Å². The molecule has 3 nitrogen and oxygen atoms in total. The van der Waals surface area contributed by atoms with Crippen molar-refractivity contribution in [2.75, 3.05) is 13.4 Å². The van der Waals surface area contributed by atoms with Gasteiger partial charge >= 0.3 is 0 Å². The molecule has 1 rings (SSSR count). The van der Waals surface area contributed by atoms with Gasteiger partial charge in [-0.2, -0.15) is 0 Å². The van der Waals surface area contributed by atoms with E-state index in [0.717, 1.165) is 0 Å². The lowest BCUT2D eigenvalue weighted by molar-refractivity contribution is 0.0224. The first-order valence-electron chi connectivity index (χ1n) is 4.55. The highest BCUT2D eigenvalue weighted by Crippen LogP contribution is 2.12. The van der Waals surface area contributed by atoms with E-state index in [1.54, 1.807) is 24.3 Å². The molecule has 0 aliphatic carbocycles. The molecule has 0 aliphatic heterocycles. The summed E-state index contributed by atoms with van der Waals surface area (Å²) in [6.07, 6.45) is 0. The lowest BCUT2D eigenvalue weighted by atomic mass is 10.1. The largest absolute Gasteiger partial charge is 0.468 e. The maximum absolute atomic E-state index is 11.0. The summed E-state index contributed by atoms with van der Waals surface area (Å²) in [5, 5.41) is 0. The van der Waals surface area contributed by atoms with Crippen molar-refractivity contribution in [3.63, 3.8) is 0 Å². The number of ketones is 1. The van der Waals surface area contributed by atoms with Crippen LogP contribution < -0.4 is 4.74 Å². The lowest BCUT2D eigenvalue weighted by Crippen LogP contribution is -2.02. The zero-order valence-electron chi connectivity index (χ0n) is 8.45. The summed E-state index contributed by atoms with van der Waals surface area (Å²) >= 11 is 0.